The van der Waals surface area contributed by atoms with Crippen molar-refractivity contribution >= 4 is 6.21 Å². The van der Waals surface area contributed by atoms with Crippen LogP contribution in [0.15, 0.2) is 11.5 Å². The third-order valence-electron chi connectivity index (χ3n) is 1.65. The van der Waals surface area contributed by atoms with Crippen LogP contribution in [0.25, 0.3) is 0 Å². The average molecular weight is 154 g/mol. The number of ether oxygens (including phenoxy) is 1. The minimum Gasteiger partial charge on any atom is -0.488 e. The van der Waals surface area contributed by atoms with Crippen LogP contribution in [0, 0.1) is 11.3 Å². The van der Waals surface area contributed by atoms with E-state index >= 15 is 0 Å². The zero-order valence-corrected chi connectivity index (χ0v) is 6.98. The second-order valence-electron chi connectivity index (χ2n) is 2.85. The molecule has 0 unspecified atom stereocenters. The van der Waals surface area contributed by atoms with Crippen molar-refractivity contribution in [1.82, 2.24) is 5.32 Å². The highest BCUT2D eigenvalue weighted by molar-refractivity contribution is 5.74. The topological polar surface area (TPSA) is 45.1 Å². The van der Waals surface area contributed by atoms with E-state index in [2.05, 4.69) is 19.2 Å². The number of allylic oxidation sites excluding steroid dienone is 2. The Hall–Kier alpha value is -0.990. The lowest BCUT2D eigenvalue weighted by Crippen LogP contribution is -2.29. The van der Waals surface area contributed by atoms with Crippen LogP contribution in [0.2, 0.25) is 0 Å². The molecule has 0 fully saturated rings. The summed E-state index contributed by atoms with van der Waals surface area (Å²) >= 11 is 0. The fourth-order valence-corrected chi connectivity index (χ4v) is 1.12. The molecule has 1 aliphatic heterocycles. The van der Waals surface area contributed by atoms with Crippen LogP contribution >= 0.6 is 0 Å². The summed E-state index contributed by atoms with van der Waals surface area (Å²) in [6.07, 6.45) is 1.27. The van der Waals surface area contributed by atoms with Gasteiger partial charge in [-0.15, -0.1) is 0 Å². The summed E-state index contributed by atoms with van der Waals surface area (Å²) in [5.74, 6) is 1.10. The minimum absolute atomic E-state index is 0.409. The van der Waals surface area contributed by atoms with E-state index in [-0.39, 0.29) is 0 Å². The second kappa shape index (κ2) is 3.42. The van der Waals surface area contributed by atoms with E-state index in [4.69, 9.17) is 10.1 Å². The van der Waals surface area contributed by atoms with Gasteiger partial charge in [-0.2, -0.15) is 0 Å². The van der Waals surface area contributed by atoms with Gasteiger partial charge >= 0.3 is 0 Å². The maximum absolute atomic E-state index is 7.07. The summed E-state index contributed by atoms with van der Waals surface area (Å²) in [7, 11) is 0. The Morgan fingerprint density at radius 1 is 1.64 bits per heavy atom. The van der Waals surface area contributed by atoms with Crippen molar-refractivity contribution in [2.24, 2.45) is 5.92 Å². The summed E-state index contributed by atoms with van der Waals surface area (Å²) in [6, 6.07) is 0. The highest BCUT2D eigenvalue weighted by Gasteiger charge is 2.13. The average Bonchev–Trinajstić information content (AvgIpc) is 2.04. The first-order valence-electron chi connectivity index (χ1n) is 3.87. The van der Waals surface area contributed by atoms with Crippen molar-refractivity contribution in [1.29, 1.82) is 5.41 Å². The fourth-order valence-electron chi connectivity index (χ4n) is 1.12. The van der Waals surface area contributed by atoms with Gasteiger partial charge in [0.05, 0.1) is 11.9 Å². The molecule has 3 nitrogen and oxygen atoms in total. The predicted octanol–water partition coefficient (Wildman–Crippen LogP) is 1.12. The lowest BCUT2D eigenvalue weighted by atomic mass is 10.1. The molecule has 0 saturated heterocycles. The molecule has 0 aromatic carbocycles. The summed E-state index contributed by atoms with van der Waals surface area (Å²) in [6.45, 7) is 5.69. The van der Waals surface area contributed by atoms with Gasteiger partial charge < -0.3 is 15.5 Å². The molecule has 2 N–H and O–H groups in total. The van der Waals surface area contributed by atoms with Crippen LogP contribution < -0.4 is 5.32 Å². The zero-order chi connectivity index (χ0) is 8.27. The van der Waals surface area contributed by atoms with Gasteiger partial charge in [-0.25, -0.2) is 0 Å². The maximum atomic E-state index is 7.07. The molecule has 0 spiro atoms. The maximum Gasteiger partial charge on any atom is 0.156 e. The zero-order valence-electron chi connectivity index (χ0n) is 6.98. The van der Waals surface area contributed by atoms with Gasteiger partial charge in [-0.1, -0.05) is 13.8 Å². The smallest absolute Gasteiger partial charge is 0.156 e. The number of hydrogen-bond donors (Lipinski definition) is 2. The van der Waals surface area contributed by atoms with E-state index in [9.17, 15) is 0 Å². The van der Waals surface area contributed by atoms with Gasteiger partial charge in [0, 0.05) is 6.54 Å². The molecule has 11 heavy (non-hydrogen) atoms. The Balaban J connectivity index is 2.81. The monoisotopic (exact) mass is 154 g/mol. The van der Waals surface area contributed by atoms with Crippen molar-refractivity contribution in [3.8, 4) is 0 Å². The molecule has 0 atom stereocenters. The Labute approximate surface area is 66.9 Å². The standard InChI is InChI=1S/C8H14N2O/c1-6(2)8-7(5-9)11-4-3-10-8/h5-6,9-10H,3-4H2,1-2H3. The third-order valence-corrected chi connectivity index (χ3v) is 1.65. The quantitative estimate of drug-likeness (QED) is 0.585. The Bertz CT molecular complexity index is 185. The van der Waals surface area contributed by atoms with E-state index in [1.165, 1.54) is 6.21 Å². The van der Waals surface area contributed by atoms with E-state index < -0.39 is 0 Å². The van der Waals surface area contributed by atoms with Crippen molar-refractivity contribution in [2.45, 2.75) is 13.8 Å². The summed E-state index contributed by atoms with van der Waals surface area (Å²) < 4.78 is 5.28. The number of rotatable bonds is 2. The van der Waals surface area contributed by atoms with Crippen LogP contribution in [-0.2, 0) is 4.74 Å². The molecule has 0 amide bonds. The van der Waals surface area contributed by atoms with Gasteiger partial charge in [0.2, 0.25) is 0 Å². The van der Waals surface area contributed by atoms with Crippen LogP contribution in [0.3, 0.4) is 0 Å². The highest BCUT2D eigenvalue weighted by atomic mass is 16.5. The fraction of sp³-hybridized carbons (Fsp3) is 0.625. The van der Waals surface area contributed by atoms with Crippen molar-refractivity contribution in [3.63, 3.8) is 0 Å². The molecule has 0 saturated carbocycles. The molecule has 3 heteroatoms. The molecular formula is C8H14N2O. The second-order valence-corrected chi connectivity index (χ2v) is 2.85. The van der Waals surface area contributed by atoms with Crippen molar-refractivity contribution < 1.29 is 4.74 Å². The minimum atomic E-state index is 0.409. The molecule has 0 aliphatic carbocycles. The Morgan fingerprint density at radius 2 is 2.36 bits per heavy atom. The van der Waals surface area contributed by atoms with E-state index in [1.807, 2.05) is 0 Å². The normalized spacial score (nSPS) is 17.7. The summed E-state index contributed by atoms with van der Waals surface area (Å²) in [5, 5.41) is 10.3. The largest absolute Gasteiger partial charge is 0.488 e. The van der Waals surface area contributed by atoms with Crippen molar-refractivity contribution in [3.05, 3.63) is 11.5 Å². The Kier molecular flexibility index (Phi) is 2.52. The van der Waals surface area contributed by atoms with E-state index in [0.29, 0.717) is 18.3 Å². The van der Waals surface area contributed by atoms with E-state index in [1.54, 1.807) is 0 Å². The highest BCUT2D eigenvalue weighted by Crippen LogP contribution is 2.14. The van der Waals surface area contributed by atoms with E-state index in [0.717, 1.165) is 12.2 Å². The molecule has 1 rings (SSSR count). The van der Waals surface area contributed by atoms with Crippen LogP contribution in [0.1, 0.15) is 13.8 Å². The molecule has 1 aliphatic rings. The van der Waals surface area contributed by atoms with Gasteiger partial charge in [0.1, 0.15) is 6.61 Å². The Morgan fingerprint density at radius 3 is 2.82 bits per heavy atom. The van der Waals surface area contributed by atoms with Crippen LogP contribution in [0.5, 0.6) is 0 Å². The van der Waals surface area contributed by atoms with Crippen molar-refractivity contribution in [2.75, 3.05) is 13.2 Å². The molecule has 0 radical (unpaired) electrons. The number of hydrogen-bond acceptors (Lipinski definition) is 3. The molecule has 0 bridgehead atoms. The first-order chi connectivity index (χ1) is 5.25. The van der Waals surface area contributed by atoms with Crippen LogP contribution in [-0.4, -0.2) is 19.4 Å². The number of nitrogens with one attached hydrogen (secondary N) is 2. The van der Waals surface area contributed by atoms with Gasteiger partial charge in [0.15, 0.2) is 5.76 Å². The molecule has 62 valence electrons. The predicted molar refractivity (Wildman–Crippen MR) is 44.6 cm³/mol. The molecule has 0 aromatic heterocycles. The SMILES string of the molecule is CC(C)C1=C(C=N)OCCN1. The molecule has 1 heterocycles. The van der Waals surface area contributed by atoms with Gasteiger partial charge in [-0.05, 0) is 5.92 Å². The first kappa shape index (κ1) is 8.11. The first-order valence-corrected chi connectivity index (χ1v) is 3.87. The third kappa shape index (κ3) is 1.73. The molecule has 0 aromatic rings. The van der Waals surface area contributed by atoms with Crippen LogP contribution in [0.4, 0.5) is 0 Å². The lowest BCUT2D eigenvalue weighted by molar-refractivity contribution is 0.205. The lowest BCUT2D eigenvalue weighted by Gasteiger charge is -2.22. The summed E-state index contributed by atoms with van der Waals surface area (Å²) in [5.41, 5.74) is 1.05. The van der Waals surface area contributed by atoms with Gasteiger partial charge in [-0.3, -0.25) is 0 Å². The van der Waals surface area contributed by atoms with Gasteiger partial charge in [0.25, 0.3) is 0 Å². The molecular weight excluding hydrogens is 140 g/mol. The summed E-state index contributed by atoms with van der Waals surface area (Å²) in [4.78, 5) is 0.